The fourth-order valence-electron chi connectivity index (χ4n) is 7.93. The smallest absolute Gasteiger partial charge is 0.167 e. The maximum atomic E-state index is 7.17. The van der Waals surface area contributed by atoms with Crippen LogP contribution in [0.15, 0.2) is 205 Å². The van der Waals surface area contributed by atoms with Gasteiger partial charge in [-0.1, -0.05) is 164 Å². The number of para-hydroxylation sites is 4. The van der Waals surface area contributed by atoms with Crippen LogP contribution >= 0.6 is 0 Å². The van der Waals surface area contributed by atoms with E-state index in [1.54, 1.807) is 0 Å². The van der Waals surface area contributed by atoms with Gasteiger partial charge in [0.25, 0.3) is 0 Å². The molecule has 0 aliphatic carbocycles. The van der Waals surface area contributed by atoms with E-state index in [0.29, 0.717) is 23.1 Å². The largest absolute Gasteiger partial charge is 0.454 e. The SMILES string of the molecule is c1ccc(-c2ccc(-c3nc(-c4ccccc4)nc(-c4cccc5c4oc4c(-c6nc7ccccc7n6-c6ccccc6)c(-c6ccccc6)ccc45)n3)cc2)cc1. The molecule has 0 fully saturated rings. The molecule has 0 radical (unpaired) electrons. The second-order valence-corrected chi connectivity index (χ2v) is 14.2. The average Bonchev–Trinajstić information content (AvgIpc) is 3.89. The lowest BCUT2D eigenvalue weighted by Gasteiger charge is -2.14. The molecule has 0 aliphatic heterocycles. The molecule has 0 amide bonds. The van der Waals surface area contributed by atoms with Gasteiger partial charge in [0.2, 0.25) is 0 Å². The highest BCUT2D eigenvalue weighted by Gasteiger charge is 2.25. The molecule has 0 spiro atoms. The Morgan fingerprint density at radius 1 is 0.345 bits per heavy atom. The Labute approximate surface area is 334 Å². The molecule has 58 heavy (non-hydrogen) atoms. The third-order valence-electron chi connectivity index (χ3n) is 10.7. The first-order chi connectivity index (χ1) is 28.8. The van der Waals surface area contributed by atoms with Crippen molar-refractivity contribution in [2.24, 2.45) is 0 Å². The summed E-state index contributed by atoms with van der Waals surface area (Å²) in [5, 5.41) is 1.94. The highest BCUT2D eigenvalue weighted by molar-refractivity contribution is 6.15. The topological polar surface area (TPSA) is 69.6 Å². The van der Waals surface area contributed by atoms with Gasteiger partial charge in [0, 0.05) is 27.6 Å². The van der Waals surface area contributed by atoms with Gasteiger partial charge in [-0.05, 0) is 58.7 Å². The maximum Gasteiger partial charge on any atom is 0.167 e. The molecule has 11 rings (SSSR count). The summed E-state index contributed by atoms with van der Waals surface area (Å²) in [7, 11) is 0. The molecule has 6 nitrogen and oxygen atoms in total. The minimum atomic E-state index is 0.530. The summed E-state index contributed by atoms with van der Waals surface area (Å²) in [6.45, 7) is 0. The molecule has 3 aromatic heterocycles. The van der Waals surface area contributed by atoms with E-state index in [1.165, 1.54) is 0 Å². The third-order valence-corrected chi connectivity index (χ3v) is 10.7. The summed E-state index contributed by atoms with van der Waals surface area (Å²) < 4.78 is 9.41. The zero-order valence-corrected chi connectivity index (χ0v) is 31.2. The number of furan rings is 1. The van der Waals surface area contributed by atoms with Gasteiger partial charge in [0.05, 0.1) is 22.2 Å². The van der Waals surface area contributed by atoms with Crippen molar-refractivity contribution in [2.45, 2.75) is 0 Å². The molecule has 0 aliphatic rings. The fraction of sp³-hybridized carbons (Fsp3) is 0. The standard InChI is InChI=1S/C52H33N5O/c1-5-16-34(17-6-1)35-28-30-38(31-29-35)50-54-49(37-20-9-3-10-21-37)55-51(56-50)43-25-15-24-41-42-33-32-40(36-18-7-2-8-19-36)46(48(42)58-47(41)43)52-53-44-26-13-14-27-45(44)57(52)39-22-11-4-12-23-39/h1-33H. The molecule has 0 saturated heterocycles. The van der Waals surface area contributed by atoms with Gasteiger partial charge in [-0.3, -0.25) is 4.57 Å². The van der Waals surface area contributed by atoms with Gasteiger partial charge < -0.3 is 4.42 Å². The van der Waals surface area contributed by atoms with Gasteiger partial charge in [-0.15, -0.1) is 0 Å². The lowest BCUT2D eigenvalue weighted by atomic mass is 9.96. The zero-order chi connectivity index (χ0) is 38.4. The minimum absolute atomic E-state index is 0.530. The predicted octanol–water partition coefficient (Wildman–Crippen LogP) is 13.1. The van der Waals surface area contributed by atoms with Crippen molar-refractivity contribution in [3.63, 3.8) is 0 Å². The van der Waals surface area contributed by atoms with Crippen LogP contribution in [0.2, 0.25) is 0 Å². The van der Waals surface area contributed by atoms with Crippen molar-refractivity contribution in [3.8, 4) is 73.5 Å². The number of hydrogen-bond donors (Lipinski definition) is 0. The molecule has 0 saturated carbocycles. The first kappa shape index (κ1) is 33.4. The number of benzene rings is 8. The van der Waals surface area contributed by atoms with Crippen LogP contribution in [0.3, 0.4) is 0 Å². The summed E-state index contributed by atoms with van der Waals surface area (Å²) in [6.07, 6.45) is 0. The number of hydrogen-bond acceptors (Lipinski definition) is 5. The first-order valence-corrected chi connectivity index (χ1v) is 19.3. The van der Waals surface area contributed by atoms with Gasteiger partial charge in [-0.25, -0.2) is 19.9 Å². The van der Waals surface area contributed by atoms with Crippen LogP contribution in [0.25, 0.3) is 106 Å². The number of imidazole rings is 1. The highest BCUT2D eigenvalue weighted by atomic mass is 16.3. The molecular weight excluding hydrogens is 711 g/mol. The quantitative estimate of drug-likeness (QED) is 0.163. The van der Waals surface area contributed by atoms with E-state index in [9.17, 15) is 0 Å². The van der Waals surface area contributed by atoms with Gasteiger partial charge in [0.1, 0.15) is 17.0 Å². The third kappa shape index (κ3) is 5.74. The molecular formula is C52H33N5O. The Hall–Kier alpha value is -7.96. The van der Waals surface area contributed by atoms with E-state index < -0.39 is 0 Å². The van der Waals surface area contributed by atoms with E-state index in [1.807, 2.05) is 60.7 Å². The maximum absolute atomic E-state index is 7.17. The van der Waals surface area contributed by atoms with Crippen LogP contribution in [-0.2, 0) is 0 Å². The first-order valence-electron chi connectivity index (χ1n) is 19.3. The van der Waals surface area contributed by atoms with E-state index >= 15 is 0 Å². The highest BCUT2D eigenvalue weighted by Crippen LogP contribution is 2.45. The number of fused-ring (bicyclic) bond motifs is 4. The molecule has 8 aromatic carbocycles. The number of nitrogens with zero attached hydrogens (tertiary/aromatic N) is 5. The Kier molecular flexibility index (Phi) is 8.04. The van der Waals surface area contributed by atoms with Gasteiger partial charge in [0.15, 0.2) is 17.5 Å². The van der Waals surface area contributed by atoms with Crippen LogP contribution in [-0.4, -0.2) is 24.5 Å². The second-order valence-electron chi connectivity index (χ2n) is 14.2. The zero-order valence-electron chi connectivity index (χ0n) is 31.2. The molecule has 0 N–H and O–H groups in total. The van der Waals surface area contributed by atoms with Crippen molar-refractivity contribution < 1.29 is 4.42 Å². The molecule has 11 aromatic rings. The molecule has 3 heterocycles. The van der Waals surface area contributed by atoms with E-state index in [2.05, 4.69) is 144 Å². The van der Waals surface area contributed by atoms with Crippen LogP contribution in [0.5, 0.6) is 0 Å². The van der Waals surface area contributed by atoms with Crippen LogP contribution in [0, 0.1) is 0 Å². The van der Waals surface area contributed by atoms with Crippen molar-refractivity contribution in [2.75, 3.05) is 0 Å². The molecule has 0 unspecified atom stereocenters. The summed E-state index contributed by atoms with van der Waals surface area (Å²) in [5.41, 5.74) is 12.2. The van der Waals surface area contributed by atoms with Gasteiger partial charge in [-0.2, -0.15) is 0 Å². The van der Waals surface area contributed by atoms with E-state index in [0.717, 1.165) is 83.4 Å². The fourth-order valence-corrected chi connectivity index (χ4v) is 7.93. The summed E-state index contributed by atoms with van der Waals surface area (Å²) in [4.78, 5) is 20.6. The summed E-state index contributed by atoms with van der Waals surface area (Å²) in [6, 6.07) is 68.5. The van der Waals surface area contributed by atoms with Gasteiger partial charge >= 0.3 is 0 Å². The van der Waals surface area contributed by atoms with Crippen molar-refractivity contribution in [1.82, 2.24) is 24.5 Å². The Bertz CT molecular complexity index is 3250. The molecule has 272 valence electrons. The Morgan fingerprint density at radius 2 is 0.879 bits per heavy atom. The van der Waals surface area contributed by atoms with Crippen molar-refractivity contribution in [1.29, 1.82) is 0 Å². The Morgan fingerprint density at radius 3 is 1.59 bits per heavy atom. The van der Waals surface area contributed by atoms with Crippen LogP contribution in [0.1, 0.15) is 0 Å². The second kappa shape index (κ2) is 14.0. The summed E-state index contributed by atoms with van der Waals surface area (Å²) >= 11 is 0. The lowest BCUT2D eigenvalue weighted by molar-refractivity contribution is 0.670. The Balaban J connectivity index is 1.16. The number of rotatable bonds is 7. The predicted molar refractivity (Wildman–Crippen MR) is 234 cm³/mol. The van der Waals surface area contributed by atoms with E-state index in [4.69, 9.17) is 24.4 Å². The van der Waals surface area contributed by atoms with E-state index in [-0.39, 0.29) is 0 Å². The lowest BCUT2D eigenvalue weighted by Crippen LogP contribution is -2.00. The molecule has 0 atom stereocenters. The van der Waals surface area contributed by atoms with Crippen LogP contribution in [0.4, 0.5) is 0 Å². The number of aromatic nitrogens is 5. The molecule has 6 heteroatoms. The minimum Gasteiger partial charge on any atom is -0.454 e. The van der Waals surface area contributed by atoms with Crippen LogP contribution < -0.4 is 0 Å². The summed E-state index contributed by atoms with van der Waals surface area (Å²) in [5.74, 6) is 2.50. The monoisotopic (exact) mass is 743 g/mol. The average molecular weight is 744 g/mol. The molecule has 0 bridgehead atoms. The normalized spacial score (nSPS) is 11.4. The van der Waals surface area contributed by atoms with Crippen molar-refractivity contribution in [3.05, 3.63) is 200 Å². The van der Waals surface area contributed by atoms with Crippen molar-refractivity contribution >= 4 is 33.0 Å².